The smallest absolute Gasteiger partial charge is 0.129 e. The third-order valence-electron chi connectivity index (χ3n) is 3.69. The maximum Gasteiger partial charge on any atom is 0.129 e. The number of nitrogens with zero attached hydrogens (tertiary/aromatic N) is 2. The molecule has 0 radical (unpaired) electrons. The molecule has 0 unspecified atom stereocenters. The Morgan fingerprint density at radius 3 is 2.68 bits per heavy atom. The highest BCUT2D eigenvalue weighted by molar-refractivity contribution is 5.43. The summed E-state index contributed by atoms with van der Waals surface area (Å²) < 4.78 is 0. The average molecular weight is 261 g/mol. The molecule has 0 amide bonds. The van der Waals surface area contributed by atoms with Crippen molar-refractivity contribution < 1.29 is 0 Å². The van der Waals surface area contributed by atoms with E-state index in [2.05, 4.69) is 36.2 Å². The summed E-state index contributed by atoms with van der Waals surface area (Å²) in [5, 5.41) is 3.24. The molecule has 0 saturated heterocycles. The summed E-state index contributed by atoms with van der Waals surface area (Å²) >= 11 is 0. The summed E-state index contributed by atoms with van der Waals surface area (Å²) in [6.45, 7) is 7.60. The van der Waals surface area contributed by atoms with E-state index in [1.165, 1.54) is 36.5 Å². The van der Waals surface area contributed by atoms with Crippen LogP contribution in [0.1, 0.15) is 44.4 Å². The van der Waals surface area contributed by atoms with Gasteiger partial charge in [-0.05, 0) is 56.8 Å². The first-order valence-corrected chi connectivity index (χ1v) is 7.66. The van der Waals surface area contributed by atoms with E-state index in [-0.39, 0.29) is 0 Å². The van der Waals surface area contributed by atoms with Crippen molar-refractivity contribution in [2.75, 3.05) is 25.0 Å². The predicted molar refractivity (Wildman–Crippen MR) is 81.6 cm³/mol. The zero-order valence-corrected chi connectivity index (χ0v) is 12.6. The molecule has 0 atom stereocenters. The quantitative estimate of drug-likeness (QED) is 0.780. The second-order valence-electron chi connectivity index (χ2n) is 5.59. The van der Waals surface area contributed by atoms with Gasteiger partial charge in [0.15, 0.2) is 0 Å². The van der Waals surface area contributed by atoms with Gasteiger partial charge in [-0.3, -0.25) is 0 Å². The van der Waals surface area contributed by atoms with Crippen molar-refractivity contribution in [3.63, 3.8) is 0 Å². The number of nitrogens with one attached hydrogen (secondary N) is 1. The molecule has 0 aliphatic heterocycles. The zero-order valence-electron chi connectivity index (χ0n) is 12.6. The summed E-state index contributed by atoms with van der Waals surface area (Å²) in [5.41, 5.74) is 2.59. The molecule has 1 N–H and O–H groups in total. The summed E-state index contributed by atoms with van der Waals surface area (Å²) in [4.78, 5) is 7.30. The van der Waals surface area contributed by atoms with Crippen LogP contribution in [0.15, 0.2) is 12.1 Å². The number of aryl methyl sites for hydroxylation is 1. The zero-order chi connectivity index (χ0) is 13.7. The minimum absolute atomic E-state index is 0.907. The van der Waals surface area contributed by atoms with Crippen LogP contribution in [0.2, 0.25) is 0 Å². The molecule has 1 aromatic rings. The molecular formula is C16H27N3. The van der Waals surface area contributed by atoms with E-state index in [1.807, 2.05) is 7.05 Å². The number of anilines is 1. The van der Waals surface area contributed by atoms with Crippen LogP contribution < -0.4 is 10.2 Å². The molecule has 0 bridgehead atoms. The highest BCUT2D eigenvalue weighted by Crippen LogP contribution is 2.31. The SMILES string of the molecule is CCCc1cc(CNC)cc(N(CC)CC2CC2)n1. The van der Waals surface area contributed by atoms with Crippen molar-refractivity contribution in [1.29, 1.82) is 0 Å². The molecule has 19 heavy (non-hydrogen) atoms. The lowest BCUT2D eigenvalue weighted by molar-refractivity contribution is 0.723. The molecule has 1 aromatic heterocycles. The minimum Gasteiger partial charge on any atom is -0.357 e. The molecule has 1 aliphatic carbocycles. The Morgan fingerprint density at radius 1 is 1.32 bits per heavy atom. The van der Waals surface area contributed by atoms with Gasteiger partial charge in [-0.15, -0.1) is 0 Å². The summed E-state index contributed by atoms with van der Waals surface area (Å²) in [5.74, 6) is 2.08. The van der Waals surface area contributed by atoms with Crippen LogP contribution in [0.5, 0.6) is 0 Å². The van der Waals surface area contributed by atoms with Gasteiger partial charge in [0, 0.05) is 25.3 Å². The lowest BCUT2D eigenvalue weighted by Gasteiger charge is -2.23. The fraction of sp³-hybridized carbons (Fsp3) is 0.688. The summed E-state index contributed by atoms with van der Waals surface area (Å²) in [7, 11) is 2.00. The van der Waals surface area contributed by atoms with Crippen molar-refractivity contribution in [1.82, 2.24) is 10.3 Å². The predicted octanol–water partition coefficient (Wildman–Crippen LogP) is 2.99. The van der Waals surface area contributed by atoms with Gasteiger partial charge in [0.1, 0.15) is 5.82 Å². The Morgan fingerprint density at radius 2 is 2.11 bits per heavy atom. The highest BCUT2D eigenvalue weighted by Gasteiger charge is 2.24. The van der Waals surface area contributed by atoms with Crippen LogP contribution in [-0.4, -0.2) is 25.1 Å². The van der Waals surface area contributed by atoms with Crippen LogP contribution >= 0.6 is 0 Å². The van der Waals surface area contributed by atoms with Crippen LogP contribution in [0.3, 0.4) is 0 Å². The van der Waals surface area contributed by atoms with Crippen molar-refractivity contribution >= 4 is 5.82 Å². The van der Waals surface area contributed by atoms with Gasteiger partial charge in [-0.1, -0.05) is 13.3 Å². The largest absolute Gasteiger partial charge is 0.357 e. The second kappa shape index (κ2) is 6.90. The number of aromatic nitrogens is 1. The number of hydrogen-bond donors (Lipinski definition) is 1. The molecular weight excluding hydrogens is 234 g/mol. The van der Waals surface area contributed by atoms with Crippen LogP contribution in [-0.2, 0) is 13.0 Å². The normalized spacial score (nSPS) is 14.7. The molecule has 0 aromatic carbocycles. The van der Waals surface area contributed by atoms with Gasteiger partial charge in [-0.25, -0.2) is 4.98 Å². The number of pyridine rings is 1. The van der Waals surface area contributed by atoms with Crippen LogP contribution in [0.4, 0.5) is 5.82 Å². The highest BCUT2D eigenvalue weighted by atomic mass is 15.2. The summed E-state index contributed by atoms with van der Waals surface area (Å²) in [6, 6.07) is 4.50. The van der Waals surface area contributed by atoms with E-state index in [1.54, 1.807) is 0 Å². The first-order chi connectivity index (χ1) is 9.26. The molecule has 1 saturated carbocycles. The first kappa shape index (κ1) is 14.3. The number of rotatable bonds is 8. The Balaban J connectivity index is 2.19. The van der Waals surface area contributed by atoms with Crippen LogP contribution in [0.25, 0.3) is 0 Å². The first-order valence-electron chi connectivity index (χ1n) is 7.66. The van der Waals surface area contributed by atoms with Gasteiger partial charge in [-0.2, -0.15) is 0 Å². The fourth-order valence-corrected chi connectivity index (χ4v) is 2.48. The maximum absolute atomic E-state index is 4.86. The Labute approximate surface area is 117 Å². The third kappa shape index (κ3) is 4.20. The van der Waals surface area contributed by atoms with Gasteiger partial charge >= 0.3 is 0 Å². The van der Waals surface area contributed by atoms with E-state index in [0.717, 1.165) is 31.8 Å². The van der Waals surface area contributed by atoms with Gasteiger partial charge in [0.05, 0.1) is 0 Å². The molecule has 3 nitrogen and oxygen atoms in total. The van der Waals surface area contributed by atoms with Crippen molar-refractivity contribution in [3.8, 4) is 0 Å². The molecule has 1 heterocycles. The number of hydrogen-bond acceptors (Lipinski definition) is 3. The molecule has 0 spiro atoms. The molecule has 1 aliphatic rings. The van der Waals surface area contributed by atoms with Crippen molar-refractivity contribution in [2.45, 2.75) is 46.1 Å². The maximum atomic E-state index is 4.86. The van der Waals surface area contributed by atoms with E-state index >= 15 is 0 Å². The molecule has 2 rings (SSSR count). The third-order valence-corrected chi connectivity index (χ3v) is 3.69. The molecule has 3 heteroatoms. The van der Waals surface area contributed by atoms with Crippen molar-refractivity contribution in [2.24, 2.45) is 5.92 Å². The lowest BCUT2D eigenvalue weighted by atomic mass is 10.1. The van der Waals surface area contributed by atoms with Gasteiger partial charge in [0.2, 0.25) is 0 Å². The Bertz CT molecular complexity index is 375. The summed E-state index contributed by atoms with van der Waals surface area (Å²) in [6.07, 6.45) is 5.03. The van der Waals surface area contributed by atoms with Gasteiger partial charge in [0.25, 0.3) is 0 Å². The molecule has 1 fully saturated rings. The fourth-order valence-electron chi connectivity index (χ4n) is 2.48. The lowest BCUT2D eigenvalue weighted by Crippen LogP contribution is -2.26. The van der Waals surface area contributed by atoms with Gasteiger partial charge < -0.3 is 10.2 Å². The average Bonchev–Trinajstić information content (AvgIpc) is 3.20. The van der Waals surface area contributed by atoms with E-state index in [4.69, 9.17) is 4.98 Å². The van der Waals surface area contributed by atoms with E-state index in [9.17, 15) is 0 Å². The monoisotopic (exact) mass is 261 g/mol. The topological polar surface area (TPSA) is 28.2 Å². The minimum atomic E-state index is 0.907. The second-order valence-corrected chi connectivity index (χ2v) is 5.59. The Kier molecular flexibility index (Phi) is 5.20. The van der Waals surface area contributed by atoms with E-state index < -0.39 is 0 Å². The van der Waals surface area contributed by atoms with Crippen molar-refractivity contribution in [3.05, 3.63) is 23.4 Å². The molecule has 106 valence electrons. The standard InChI is InChI=1S/C16H27N3/c1-4-6-15-9-14(11-17-3)10-16(18-15)19(5-2)12-13-7-8-13/h9-10,13,17H,4-8,11-12H2,1-3H3. The van der Waals surface area contributed by atoms with E-state index in [0.29, 0.717) is 0 Å². The Hall–Kier alpha value is -1.09. The van der Waals surface area contributed by atoms with Crippen LogP contribution in [0, 0.1) is 5.92 Å².